The number of rotatable bonds is 3. The van der Waals surface area contributed by atoms with Crippen LogP contribution in [0.25, 0.3) is 0 Å². The van der Waals surface area contributed by atoms with Gasteiger partial charge in [0.25, 0.3) is 0 Å². The number of hydrogen-bond acceptors (Lipinski definition) is 2. The van der Waals surface area contributed by atoms with Gasteiger partial charge in [-0.25, -0.2) is 0 Å². The van der Waals surface area contributed by atoms with E-state index < -0.39 is 0 Å². The van der Waals surface area contributed by atoms with E-state index >= 15 is 0 Å². The Morgan fingerprint density at radius 1 is 1.33 bits per heavy atom. The van der Waals surface area contributed by atoms with Gasteiger partial charge in [-0.3, -0.25) is 4.79 Å². The number of benzene rings is 1. The lowest BCUT2D eigenvalue weighted by atomic mass is 10.2. The van der Waals surface area contributed by atoms with E-state index in [2.05, 4.69) is 27.9 Å². The van der Waals surface area contributed by atoms with Gasteiger partial charge in [-0.2, -0.15) is 0 Å². The molecule has 1 N–H and O–H groups in total. The molecule has 0 spiro atoms. The highest BCUT2D eigenvalue weighted by molar-refractivity contribution is 14.1. The van der Waals surface area contributed by atoms with Crippen molar-refractivity contribution >= 4 is 45.8 Å². The number of anilines is 1. The number of amides is 1. The number of nitrogens with zero attached hydrogens (tertiary/aromatic N) is 1. The molecular weight excluding hydrogens is 363 g/mol. The van der Waals surface area contributed by atoms with Gasteiger partial charge in [-0.15, -0.1) is 0 Å². The first-order valence-electron chi connectivity index (χ1n) is 6.17. The normalized spacial score (nSPS) is 23.8. The molecule has 1 atom stereocenters. The molecule has 96 valence electrons. The summed E-state index contributed by atoms with van der Waals surface area (Å²) in [5.74, 6) is 0.196. The van der Waals surface area contributed by atoms with Gasteiger partial charge in [0.05, 0.1) is 11.7 Å². The minimum Gasteiger partial charge on any atom is -0.310 e. The molecule has 1 aromatic carbocycles. The molecule has 18 heavy (non-hydrogen) atoms. The highest BCUT2D eigenvalue weighted by Gasteiger charge is 2.36. The summed E-state index contributed by atoms with van der Waals surface area (Å²) >= 11 is 8.18. The minimum atomic E-state index is 0.00368. The van der Waals surface area contributed by atoms with Gasteiger partial charge in [-0.1, -0.05) is 11.6 Å². The van der Waals surface area contributed by atoms with E-state index in [4.69, 9.17) is 11.6 Å². The predicted octanol–water partition coefficient (Wildman–Crippen LogP) is 2.80. The number of hydrogen-bond donors (Lipinski definition) is 1. The van der Waals surface area contributed by atoms with Crippen molar-refractivity contribution < 1.29 is 4.79 Å². The van der Waals surface area contributed by atoms with Crippen LogP contribution in [-0.2, 0) is 4.79 Å². The molecule has 1 heterocycles. The van der Waals surface area contributed by atoms with Crippen LogP contribution in [0.15, 0.2) is 18.2 Å². The molecule has 3 nitrogen and oxygen atoms in total. The Labute approximate surface area is 125 Å². The third-order valence-electron chi connectivity index (χ3n) is 3.42. The quantitative estimate of drug-likeness (QED) is 0.823. The third-order valence-corrected chi connectivity index (χ3v) is 4.52. The van der Waals surface area contributed by atoms with Gasteiger partial charge in [0.15, 0.2) is 0 Å². The molecule has 1 saturated heterocycles. The van der Waals surface area contributed by atoms with E-state index in [9.17, 15) is 4.79 Å². The Morgan fingerprint density at radius 3 is 2.78 bits per heavy atom. The molecule has 0 bridgehead atoms. The standard InChI is InChI=1S/C13H14ClIN2O/c14-8-1-4-12(10(15)7-8)17-6-5-11(13(17)18)16-9-2-3-9/h1,4,7,9,11,16H,2-3,5-6H2. The average molecular weight is 377 g/mol. The Morgan fingerprint density at radius 2 is 2.11 bits per heavy atom. The molecule has 0 radical (unpaired) electrons. The zero-order valence-corrected chi connectivity index (χ0v) is 12.7. The van der Waals surface area contributed by atoms with Gasteiger partial charge < -0.3 is 10.2 Å². The summed E-state index contributed by atoms with van der Waals surface area (Å²) in [5, 5.41) is 4.12. The van der Waals surface area contributed by atoms with Crippen LogP contribution in [-0.4, -0.2) is 24.5 Å². The molecule has 1 saturated carbocycles. The summed E-state index contributed by atoms with van der Waals surface area (Å²) in [6, 6.07) is 6.24. The van der Waals surface area contributed by atoms with E-state index in [1.54, 1.807) is 0 Å². The Hall–Kier alpha value is -0.330. The Kier molecular flexibility index (Phi) is 3.51. The van der Waals surface area contributed by atoms with Crippen molar-refractivity contribution in [1.82, 2.24) is 5.32 Å². The van der Waals surface area contributed by atoms with E-state index in [1.165, 1.54) is 12.8 Å². The Bertz CT molecular complexity index is 490. The number of carbonyl (C=O) groups excluding carboxylic acids is 1. The molecule has 3 rings (SSSR count). The second kappa shape index (κ2) is 4.98. The second-order valence-corrected chi connectivity index (χ2v) is 6.47. The van der Waals surface area contributed by atoms with Crippen LogP contribution >= 0.6 is 34.2 Å². The lowest BCUT2D eigenvalue weighted by Crippen LogP contribution is -2.39. The zero-order chi connectivity index (χ0) is 12.7. The molecule has 1 aliphatic heterocycles. The van der Waals surface area contributed by atoms with Crippen molar-refractivity contribution in [3.63, 3.8) is 0 Å². The smallest absolute Gasteiger partial charge is 0.244 e. The minimum absolute atomic E-state index is 0.00368. The summed E-state index contributed by atoms with van der Waals surface area (Å²) in [6.45, 7) is 0.793. The molecule has 1 amide bonds. The van der Waals surface area contributed by atoms with Gasteiger partial charge in [0, 0.05) is 21.2 Å². The van der Waals surface area contributed by atoms with Crippen LogP contribution in [0.3, 0.4) is 0 Å². The van der Waals surface area contributed by atoms with Crippen LogP contribution in [0.4, 0.5) is 5.69 Å². The van der Waals surface area contributed by atoms with Crippen LogP contribution in [0, 0.1) is 3.57 Å². The van der Waals surface area contributed by atoms with Crippen LogP contribution < -0.4 is 10.2 Å². The number of nitrogens with one attached hydrogen (secondary N) is 1. The van der Waals surface area contributed by atoms with Crippen molar-refractivity contribution in [3.05, 3.63) is 26.8 Å². The van der Waals surface area contributed by atoms with Crippen molar-refractivity contribution in [3.8, 4) is 0 Å². The zero-order valence-electron chi connectivity index (χ0n) is 9.83. The van der Waals surface area contributed by atoms with Crippen LogP contribution in [0.2, 0.25) is 5.02 Å². The van der Waals surface area contributed by atoms with Crippen molar-refractivity contribution in [1.29, 1.82) is 0 Å². The van der Waals surface area contributed by atoms with E-state index in [1.807, 2.05) is 23.1 Å². The van der Waals surface area contributed by atoms with Gasteiger partial charge >= 0.3 is 0 Å². The average Bonchev–Trinajstić information content (AvgIpc) is 3.07. The molecule has 0 aromatic heterocycles. The van der Waals surface area contributed by atoms with Crippen LogP contribution in [0.1, 0.15) is 19.3 Å². The van der Waals surface area contributed by atoms with E-state index in [0.717, 1.165) is 22.2 Å². The first-order chi connectivity index (χ1) is 8.65. The molecule has 1 aliphatic carbocycles. The highest BCUT2D eigenvalue weighted by atomic mass is 127. The lowest BCUT2D eigenvalue weighted by Gasteiger charge is -2.19. The van der Waals surface area contributed by atoms with Gasteiger partial charge in [-0.05, 0) is 60.1 Å². The molecule has 2 fully saturated rings. The summed E-state index contributed by atoms with van der Waals surface area (Å²) in [4.78, 5) is 14.2. The maximum Gasteiger partial charge on any atom is 0.244 e. The molecule has 5 heteroatoms. The fraction of sp³-hybridized carbons (Fsp3) is 0.462. The lowest BCUT2D eigenvalue weighted by molar-refractivity contribution is -0.118. The predicted molar refractivity (Wildman–Crippen MR) is 81.1 cm³/mol. The summed E-state index contributed by atoms with van der Waals surface area (Å²) in [6.07, 6.45) is 3.32. The van der Waals surface area contributed by atoms with Gasteiger partial charge in [0.2, 0.25) is 5.91 Å². The van der Waals surface area contributed by atoms with Crippen molar-refractivity contribution in [2.45, 2.75) is 31.3 Å². The fourth-order valence-electron chi connectivity index (χ4n) is 2.31. The Balaban J connectivity index is 1.78. The molecule has 1 aromatic rings. The number of halogens is 2. The molecular formula is C13H14ClIN2O. The van der Waals surface area contributed by atoms with Crippen molar-refractivity contribution in [2.24, 2.45) is 0 Å². The second-order valence-electron chi connectivity index (χ2n) is 4.87. The molecule has 2 aliphatic rings. The number of carbonyl (C=O) groups is 1. The summed E-state index contributed by atoms with van der Waals surface area (Å²) in [5.41, 5.74) is 0.977. The monoisotopic (exact) mass is 376 g/mol. The van der Waals surface area contributed by atoms with Crippen molar-refractivity contribution in [2.75, 3.05) is 11.4 Å². The maximum absolute atomic E-state index is 12.3. The topological polar surface area (TPSA) is 32.3 Å². The largest absolute Gasteiger partial charge is 0.310 e. The third kappa shape index (κ3) is 2.51. The first-order valence-corrected chi connectivity index (χ1v) is 7.63. The van der Waals surface area contributed by atoms with Gasteiger partial charge in [0.1, 0.15) is 0 Å². The summed E-state index contributed by atoms with van der Waals surface area (Å²) in [7, 11) is 0. The van der Waals surface area contributed by atoms with Crippen LogP contribution in [0.5, 0.6) is 0 Å². The fourth-order valence-corrected chi connectivity index (χ4v) is 3.47. The highest BCUT2D eigenvalue weighted by Crippen LogP contribution is 2.30. The summed E-state index contributed by atoms with van der Waals surface area (Å²) < 4.78 is 1.03. The molecule has 1 unspecified atom stereocenters. The van der Waals surface area contributed by atoms with E-state index in [0.29, 0.717) is 11.1 Å². The SMILES string of the molecule is O=C1C(NC2CC2)CCN1c1ccc(Cl)cc1I. The first kappa shape index (κ1) is 12.7. The maximum atomic E-state index is 12.3. The van der Waals surface area contributed by atoms with E-state index in [-0.39, 0.29) is 11.9 Å².